The molecule has 1 saturated heterocycles. The van der Waals surface area contributed by atoms with E-state index in [9.17, 15) is 18.8 Å². The fourth-order valence-corrected chi connectivity index (χ4v) is 3.34. The minimum atomic E-state index is -1.16. The van der Waals surface area contributed by atoms with Crippen LogP contribution in [0.4, 0.5) is 9.18 Å². The molecule has 0 saturated carbocycles. The summed E-state index contributed by atoms with van der Waals surface area (Å²) < 4.78 is 13.0. The quantitative estimate of drug-likeness (QED) is 0.780. The minimum absolute atomic E-state index is 0.250. The maximum atomic E-state index is 13.1. The van der Waals surface area contributed by atoms with Gasteiger partial charge in [0.05, 0.1) is 0 Å². The maximum absolute atomic E-state index is 13.1. The Balaban J connectivity index is 1.73. The number of urea groups is 1. The van der Waals surface area contributed by atoms with Gasteiger partial charge in [0.2, 0.25) is 5.91 Å². The van der Waals surface area contributed by atoms with Crippen molar-refractivity contribution in [1.29, 1.82) is 0 Å². The molecule has 0 radical (unpaired) electrons. The average Bonchev–Trinajstić information content (AvgIpc) is 2.95. The minimum Gasteiger partial charge on any atom is -0.340 e. The van der Waals surface area contributed by atoms with Crippen LogP contribution in [-0.2, 0) is 21.7 Å². The van der Waals surface area contributed by atoms with Gasteiger partial charge < -0.3 is 10.2 Å². The number of nitrogens with zero attached hydrogens (tertiary/aromatic N) is 2. The van der Waals surface area contributed by atoms with Gasteiger partial charge in [-0.15, -0.1) is 0 Å². The summed E-state index contributed by atoms with van der Waals surface area (Å²) in [6.45, 7) is 1.72. The van der Waals surface area contributed by atoms with Crippen molar-refractivity contribution in [1.82, 2.24) is 15.1 Å². The molecule has 7 heteroatoms. The van der Waals surface area contributed by atoms with Crippen LogP contribution in [0.1, 0.15) is 24.5 Å². The molecule has 6 nitrogen and oxygen atoms in total. The number of benzene rings is 2. The molecule has 1 atom stereocenters. The average molecular weight is 383 g/mol. The van der Waals surface area contributed by atoms with Crippen LogP contribution in [0.25, 0.3) is 0 Å². The molecule has 1 N–H and O–H groups in total. The number of likely N-dealkylation sites (N-methyl/N-ethyl adjacent to an activating group) is 1. The summed E-state index contributed by atoms with van der Waals surface area (Å²) >= 11 is 0. The zero-order valence-corrected chi connectivity index (χ0v) is 15.8. The number of imide groups is 1. The van der Waals surface area contributed by atoms with Crippen LogP contribution in [0, 0.1) is 5.82 Å². The molecule has 3 rings (SSSR count). The molecule has 1 fully saturated rings. The maximum Gasteiger partial charge on any atom is 0.325 e. The second kappa shape index (κ2) is 7.80. The molecule has 0 aromatic heterocycles. The standard InChI is InChI=1S/C21H22FN3O3/c1-3-21(16-7-5-4-6-8-16)19(27)25(20(28)23-21)14-18(26)24(2)13-15-9-11-17(22)12-10-15/h4-12H,3,13-14H2,1-2H3,(H,23,28). The smallest absolute Gasteiger partial charge is 0.325 e. The van der Waals surface area contributed by atoms with Crippen LogP contribution in [0.3, 0.4) is 0 Å². The van der Waals surface area contributed by atoms with Crippen LogP contribution < -0.4 is 5.32 Å². The molecule has 146 valence electrons. The molecule has 0 aliphatic carbocycles. The topological polar surface area (TPSA) is 69.7 Å². The van der Waals surface area contributed by atoms with Gasteiger partial charge in [0.15, 0.2) is 0 Å². The van der Waals surface area contributed by atoms with Gasteiger partial charge in [-0.2, -0.15) is 0 Å². The number of hydrogen-bond donors (Lipinski definition) is 1. The highest BCUT2D eigenvalue weighted by molar-refractivity contribution is 6.09. The third-order valence-corrected chi connectivity index (χ3v) is 5.02. The van der Waals surface area contributed by atoms with Crippen molar-refractivity contribution >= 4 is 17.8 Å². The predicted octanol–water partition coefficient (Wildman–Crippen LogP) is 2.64. The summed E-state index contributed by atoms with van der Waals surface area (Å²) in [5.41, 5.74) is 0.279. The van der Waals surface area contributed by atoms with Gasteiger partial charge in [-0.05, 0) is 29.7 Å². The van der Waals surface area contributed by atoms with Crippen molar-refractivity contribution in [3.8, 4) is 0 Å². The Kier molecular flexibility index (Phi) is 5.44. The van der Waals surface area contributed by atoms with Crippen molar-refractivity contribution in [3.05, 3.63) is 71.5 Å². The molecule has 0 bridgehead atoms. The van der Waals surface area contributed by atoms with E-state index >= 15 is 0 Å². The molecular formula is C21H22FN3O3. The monoisotopic (exact) mass is 383 g/mol. The highest BCUT2D eigenvalue weighted by Crippen LogP contribution is 2.32. The van der Waals surface area contributed by atoms with E-state index in [0.717, 1.165) is 10.5 Å². The molecule has 1 heterocycles. The van der Waals surface area contributed by atoms with E-state index in [0.29, 0.717) is 12.0 Å². The number of nitrogens with one attached hydrogen (secondary N) is 1. The Bertz CT molecular complexity index is 886. The summed E-state index contributed by atoms with van der Waals surface area (Å²) in [7, 11) is 1.58. The van der Waals surface area contributed by atoms with E-state index in [1.165, 1.54) is 17.0 Å². The Morgan fingerprint density at radius 1 is 1.11 bits per heavy atom. The normalized spacial score (nSPS) is 18.9. The Hall–Kier alpha value is -3.22. The molecule has 1 aliphatic heterocycles. The van der Waals surface area contributed by atoms with Gasteiger partial charge in [-0.25, -0.2) is 9.18 Å². The van der Waals surface area contributed by atoms with Crippen molar-refractivity contribution < 1.29 is 18.8 Å². The van der Waals surface area contributed by atoms with Crippen LogP contribution in [0.5, 0.6) is 0 Å². The lowest BCUT2D eigenvalue weighted by molar-refractivity contribution is -0.138. The summed E-state index contributed by atoms with van der Waals surface area (Å²) in [6.07, 6.45) is 0.373. The van der Waals surface area contributed by atoms with E-state index in [4.69, 9.17) is 0 Å². The molecule has 1 aliphatic rings. The fraction of sp³-hybridized carbons (Fsp3) is 0.286. The number of hydrogen-bond acceptors (Lipinski definition) is 3. The summed E-state index contributed by atoms with van der Waals surface area (Å²) in [5.74, 6) is -1.17. The molecule has 1 unspecified atom stereocenters. The second-order valence-corrected chi connectivity index (χ2v) is 6.82. The van der Waals surface area contributed by atoms with Gasteiger partial charge in [-0.3, -0.25) is 14.5 Å². The van der Waals surface area contributed by atoms with Gasteiger partial charge in [-0.1, -0.05) is 49.4 Å². The van der Waals surface area contributed by atoms with Crippen LogP contribution in [0.15, 0.2) is 54.6 Å². The zero-order chi connectivity index (χ0) is 20.3. The van der Waals surface area contributed by atoms with Crippen molar-refractivity contribution in [3.63, 3.8) is 0 Å². The van der Waals surface area contributed by atoms with Gasteiger partial charge >= 0.3 is 6.03 Å². The van der Waals surface area contributed by atoms with Crippen LogP contribution >= 0.6 is 0 Å². The molecular weight excluding hydrogens is 361 g/mol. The first-order valence-corrected chi connectivity index (χ1v) is 9.05. The molecule has 4 amide bonds. The lowest BCUT2D eigenvalue weighted by Crippen LogP contribution is -2.45. The van der Waals surface area contributed by atoms with E-state index < -0.39 is 17.5 Å². The van der Waals surface area contributed by atoms with Gasteiger partial charge in [0, 0.05) is 13.6 Å². The van der Waals surface area contributed by atoms with Crippen LogP contribution in [-0.4, -0.2) is 41.2 Å². The third kappa shape index (κ3) is 3.60. The predicted molar refractivity (Wildman–Crippen MR) is 102 cm³/mol. The number of carbonyl (C=O) groups is 3. The van der Waals surface area contributed by atoms with Crippen molar-refractivity contribution in [2.24, 2.45) is 0 Å². The number of carbonyl (C=O) groups excluding carboxylic acids is 3. The molecule has 2 aromatic rings. The van der Waals surface area contributed by atoms with Crippen LogP contribution in [0.2, 0.25) is 0 Å². The number of rotatable bonds is 6. The van der Waals surface area contributed by atoms with Crippen molar-refractivity contribution in [2.45, 2.75) is 25.4 Å². The second-order valence-electron chi connectivity index (χ2n) is 6.82. The highest BCUT2D eigenvalue weighted by atomic mass is 19.1. The van der Waals surface area contributed by atoms with Gasteiger partial charge in [0.1, 0.15) is 17.9 Å². The van der Waals surface area contributed by atoms with Crippen molar-refractivity contribution in [2.75, 3.05) is 13.6 Å². The zero-order valence-electron chi connectivity index (χ0n) is 15.8. The first kappa shape index (κ1) is 19.5. The highest BCUT2D eigenvalue weighted by Gasteiger charge is 2.51. The SMILES string of the molecule is CCC1(c2ccccc2)NC(=O)N(CC(=O)N(C)Cc2ccc(F)cc2)C1=O. The largest absolute Gasteiger partial charge is 0.340 e. The Morgan fingerprint density at radius 3 is 2.36 bits per heavy atom. The van der Waals surface area contributed by atoms with E-state index in [-0.39, 0.29) is 24.8 Å². The molecule has 0 spiro atoms. The lowest BCUT2D eigenvalue weighted by Gasteiger charge is -2.26. The third-order valence-electron chi connectivity index (χ3n) is 5.02. The summed E-state index contributed by atoms with van der Waals surface area (Å²) in [5, 5.41) is 2.76. The first-order valence-electron chi connectivity index (χ1n) is 9.05. The lowest BCUT2D eigenvalue weighted by atomic mass is 9.87. The number of halogens is 1. The fourth-order valence-electron chi connectivity index (χ4n) is 3.34. The number of amides is 4. The molecule has 28 heavy (non-hydrogen) atoms. The first-order chi connectivity index (χ1) is 13.4. The Morgan fingerprint density at radius 2 is 1.75 bits per heavy atom. The van der Waals surface area contributed by atoms with E-state index in [1.807, 2.05) is 13.0 Å². The summed E-state index contributed by atoms with van der Waals surface area (Å²) in [6, 6.07) is 14.2. The Labute approximate surface area is 162 Å². The van der Waals surface area contributed by atoms with E-state index in [1.54, 1.807) is 43.4 Å². The van der Waals surface area contributed by atoms with Gasteiger partial charge in [0.25, 0.3) is 5.91 Å². The van der Waals surface area contributed by atoms with E-state index in [2.05, 4.69) is 5.32 Å². The molecule has 2 aromatic carbocycles. The summed E-state index contributed by atoms with van der Waals surface area (Å²) in [4.78, 5) is 40.5.